The molecule has 1 fully saturated rings. The first-order chi connectivity index (χ1) is 10.9. The van der Waals surface area contributed by atoms with Crippen LogP contribution in [0.2, 0.25) is 0 Å². The molecule has 0 radical (unpaired) electrons. The molecule has 3 N–H and O–H groups in total. The van der Waals surface area contributed by atoms with E-state index in [1.807, 2.05) is 17.9 Å². The molecule has 6 nitrogen and oxygen atoms in total. The number of nitrogens with zero attached hydrogens (tertiary/aromatic N) is 1. The third kappa shape index (κ3) is 3.59. The monoisotopic (exact) mass is 323 g/mol. The summed E-state index contributed by atoms with van der Waals surface area (Å²) >= 11 is 0. The molecule has 0 spiro atoms. The number of aliphatic hydroxyl groups excluding tert-OH is 1. The first-order valence-corrected chi connectivity index (χ1v) is 7.92. The van der Waals surface area contributed by atoms with Gasteiger partial charge in [0, 0.05) is 13.1 Å². The van der Waals surface area contributed by atoms with E-state index >= 15 is 0 Å². The van der Waals surface area contributed by atoms with E-state index in [0.29, 0.717) is 38.2 Å². The summed E-state index contributed by atoms with van der Waals surface area (Å²) in [5, 5.41) is 29.8. The molecule has 1 saturated heterocycles. The number of hydrogen-bond acceptors (Lipinski definition) is 5. The summed E-state index contributed by atoms with van der Waals surface area (Å²) in [6.07, 6.45) is 0.760. The molecule has 6 heteroatoms. The number of phenols is 1. The zero-order chi connectivity index (χ0) is 17.0. The second-order valence-corrected chi connectivity index (χ2v) is 6.22. The number of carbonyl (C=O) groups is 1. The number of phenolic OH excluding ortho intramolecular Hbond substituents is 1. The summed E-state index contributed by atoms with van der Waals surface area (Å²) in [5.41, 5.74) is -0.137. The van der Waals surface area contributed by atoms with Crippen LogP contribution in [0.5, 0.6) is 11.5 Å². The third-order valence-corrected chi connectivity index (χ3v) is 4.71. The Balaban J connectivity index is 2.05. The molecule has 0 aliphatic carbocycles. The van der Waals surface area contributed by atoms with Crippen molar-refractivity contribution in [1.82, 2.24) is 4.90 Å². The van der Waals surface area contributed by atoms with Crippen LogP contribution in [0.25, 0.3) is 0 Å². The average Bonchev–Trinajstić information content (AvgIpc) is 2.50. The number of benzene rings is 1. The van der Waals surface area contributed by atoms with Gasteiger partial charge in [0.25, 0.3) is 0 Å². The van der Waals surface area contributed by atoms with E-state index < -0.39 is 17.5 Å². The number of β-amino-alcohol motifs (C(OH)–C–C–N with tert-alkyl or cyclic N) is 1. The lowest BCUT2D eigenvalue weighted by Crippen LogP contribution is -2.54. The Kier molecular flexibility index (Phi) is 5.49. The van der Waals surface area contributed by atoms with Gasteiger partial charge in [0.05, 0.1) is 18.6 Å². The second-order valence-electron chi connectivity index (χ2n) is 6.22. The molecule has 1 heterocycles. The SMILES string of the molecule is CCC[C@]1(C(=O)O)CCN(Cc2ccc(OC)c(O)c2)C[C@@H]1O. The summed E-state index contributed by atoms with van der Waals surface area (Å²) in [6.45, 7) is 3.41. The van der Waals surface area contributed by atoms with Gasteiger partial charge < -0.3 is 20.1 Å². The number of aliphatic hydroxyl groups is 1. The van der Waals surface area contributed by atoms with Crippen molar-refractivity contribution in [2.24, 2.45) is 5.41 Å². The number of ether oxygens (including phenoxy) is 1. The lowest BCUT2D eigenvalue weighted by Gasteiger charge is -2.42. The molecule has 0 saturated carbocycles. The first-order valence-electron chi connectivity index (χ1n) is 7.92. The molecular formula is C17H25NO5. The maximum Gasteiger partial charge on any atom is 0.312 e. The van der Waals surface area contributed by atoms with Gasteiger partial charge in [0.15, 0.2) is 11.5 Å². The Hall–Kier alpha value is -1.79. The van der Waals surface area contributed by atoms with Crippen LogP contribution in [0.15, 0.2) is 18.2 Å². The number of carboxylic acids is 1. The smallest absolute Gasteiger partial charge is 0.312 e. The van der Waals surface area contributed by atoms with Crippen molar-refractivity contribution in [2.45, 2.75) is 38.8 Å². The summed E-state index contributed by atoms with van der Waals surface area (Å²) in [6, 6.07) is 5.19. The minimum Gasteiger partial charge on any atom is -0.504 e. The molecular weight excluding hydrogens is 298 g/mol. The summed E-state index contributed by atoms with van der Waals surface area (Å²) in [7, 11) is 1.49. The first kappa shape index (κ1) is 17.6. The highest BCUT2D eigenvalue weighted by atomic mass is 16.5. The third-order valence-electron chi connectivity index (χ3n) is 4.71. The van der Waals surface area contributed by atoms with Crippen molar-refractivity contribution in [3.8, 4) is 11.5 Å². The van der Waals surface area contributed by atoms with Crippen LogP contribution in [-0.4, -0.2) is 52.5 Å². The van der Waals surface area contributed by atoms with E-state index in [9.17, 15) is 20.1 Å². The van der Waals surface area contributed by atoms with E-state index in [-0.39, 0.29) is 5.75 Å². The van der Waals surface area contributed by atoms with Gasteiger partial charge in [0.2, 0.25) is 0 Å². The zero-order valence-corrected chi connectivity index (χ0v) is 13.7. The number of likely N-dealkylation sites (tertiary alicyclic amines) is 1. The van der Waals surface area contributed by atoms with Crippen LogP contribution < -0.4 is 4.74 Å². The maximum atomic E-state index is 11.6. The van der Waals surface area contributed by atoms with Gasteiger partial charge in [-0.2, -0.15) is 0 Å². The number of piperidine rings is 1. The number of aromatic hydroxyl groups is 1. The Bertz CT molecular complexity index is 562. The predicted octanol–water partition coefficient (Wildman–Crippen LogP) is 1.84. The van der Waals surface area contributed by atoms with E-state index in [1.165, 1.54) is 7.11 Å². The lowest BCUT2D eigenvalue weighted by atomic mass is 9.73. The Morgan fingerprint density at radius 3 is 2.74 bits per heavy atom. The molecule has 23 heavy (non-hydrogen) atoms. The highest BCUT2D eigenvalue weighted by Gasteiger charge is 2.47. The van der Waals surface area contributed by atoms with Crippen LogP contribution in [-0.2, 0) is 11.3 Å². The van der Waals surface area contributed by atoms with Crippen molar-refractivity contribution < 1.29 is 24.9 Å². The van der Waals surface area contributed by atoms with Crippen LogP contribution in [0.1, 0.15) is 31.7 Å². The van der Waals surface area contributed by atoms with Crippen molar-refractivity contribution >= 4 is 5.97 Å². The van der Waals surface area contributed by atoms with Gasteiger partial charge >= 0.3 is 5.97 Å². The molecule has 1 aliphatic rings. The van der Waals surface area contributed by atoms with Crippen LogP contribution >= 0.6 is 0 Å². The maximum absolute atomic E-state index is 11.6. The van der Waals surface area contributed by atoms with Gasteiger partial charge in [-0.1, -0.05) is 19.4 Å². The second kappa shape index (κ2) is 7.19. The minimum absolute atomic E-state index is 0.0772. The topological polar surface area (TPSA) is 90.2 Å². The quantitative estimate of drug-likeness (QED) is 0.740. The molecule has 0 bridgehead atoms. The summed E-state index contributed by atoms with van der Waals surface area (Å²) < 4.78 is 5.02. The zero-order valence-electron chi connectivity index (χ0n) is 13.7. The molecule has 0 amide bonds. The molecule has 2 atom stereocenters. The van der Waals surface area contributed by atoms with E-state index in [1.54, 1.807) is 12.1 Å². The summed E-state index contributed by atoms with van der Waals surface area (Å²) in [4.78, 5) is 13.6. The Morgan fingerprint density at radius 1 is 1.48 bits per heavy atom. The fraction of sp³-hybridized carbons (Fsp3) is 0.588. The molecule has 2 rings (SSSR count). The van der Waals surface area contributed by atoms with Crippen LogP contribution in [0.4, 0.5) is 0 Å². The molecule has 1 aromatic carbocycles. The number of methoxy groups -OCH3 is 1. The van der Waals surface area contributed by atoms with Crippen molar-refractivity contribution in [1.29, 1.82) is 0 Å². The normalized spacial score (nSPS) is 25.3. The lowest BCUT2D eigenvalue weighted by molar-refractivity contribution is -0.164. The van der Waals surface area contributed by atoms with Gasteiger partial charge in [-0.25, -0.2) is 0 Å². The number of rotatable bonds is 6. The molecule has 1 aliphatic heterocycles. The number of hydrogen-bond donors (Lipinski definition) is 3. The van der Waals surface area contributed by atoms with Crippen molar-refractivity contribution in [3.05, 3.63) is 23.8 Å². The Morgan fingerprint density at radius 2 is 2.22 bits per heavy atom. The number of carboxylic acid groups (broad SMARTS) is 1. The standard InChI is InChI=1S/C17H25NO5/c1-3-6-17(16(21)22)7-8-18(11-15(17)20)10-12-4-5-14(23-2)13(19)9-12/h4-5,9,15,19-20H,3,6-8,10-11H2,1-2H3,(H,21,22)/t15-,17-/m0/s1. The van der Waals surface area contributed by atoms with Crippen LogP contribution in [0.3, 0.4) is 0 Å². The van der Waals surface area contributed by atoms with Gasteiger partial charge in [-0.15, -0.1) is 0 Å². The van der Waals surface area contributed by atoms with Gasteiger partial charge in [0.1, 0.15) is 0 Å². The van der Waals surface area contributed by atoms with Crippen molar-refractivity contribution in [2.75, 3.05) is 20.2 Å². The molecule has 0 unspecified atom stereocenters. The number of aliphatic carboxylic acids is 1. The average molecular weight is 323 g/mol. The fourth-order valence-electron chi connectivity index (χ4n) is 3.36. The van der Waals surface area contributed by atoms with Crippen molar-refractivity contribution in [3.63, 3.8) is 0 Å². The van der Waals surface area contributed by atoms with Gasteiger partial charge in [-0.05, 0) is 37.1 Å². The molecule has 128 valence electrons. The molecule has 0 aromatic heterocycles. The highest BCUT2D eigenvalue weighted by molar-refractivity contribution is 5.75. The summed E-state index contributed by atoms with van der Waals surface area (Å²) in [5.74, 6) is -0.415. The minimum atomic E-state index is -1.03. The van der Waals surface area contributed by atoms with E-state index in [0.717, 1.165) is 12.0 Å². The largest absolute Gasteiger partial charge is 0.504 e. The predicted molar refractivity (Wildman–Crippen MR) is 85.5 cm³/mol. The van der Waals surface area contributed by atoms with Crippen LogP contribution in [0, 0.1) is 5.41 Å². The molecule has 1 aromatic rings. The van der Waals surface area contributed by atoms with E-state index in [2.05, 4.69) is 0 Å². The Labute approximate surface area is 136 Å². The van der Waals surface area contributed by atoms with E-state index in [4.69, 9.17) is 4.74 Å². The fourth-order valence-corrected chi connectivity index (χ4v) is 3.36. The van der Waals surface area contributed by atoms with Gasteiger partial charge in [-0.3, -0.25) is 9.69 Å². The highest BCUT2D eigenvalue weighted by Crippen LogP contribution is 2.37.